The molecule has 31 heavy (non-hydrogen) atoms. The third kappa shape index (κ3) is 2.74. The van der Waals surface area contributed by atoms with Crippen LogP contribution in [-0.2, 0) is 0 Å². The number of rotatable bonds is 3. The molecule has 0 radical (unpaired) electrons. The van der Waals surface area contributed by atoms with Crippen LogP contribution in [0, 0.1) is 6.92 Å². The number of hydrogen-bond acceptors (Lipinski definition) is 1. The van der Waals surface area contributed by atoms with Crippen molar-refractivity contribution in [2.24, 2.45) is 0 Å². The normalized spacial score (nSPS) is 11.5. The molecule has 0 spiro atoms. The van der Waals surface area contributed by atoms with Crippen molar-refractivity contribution < 1.29 is 0 Å². The molecule has 0 bridgehead atoms. The fourth-order valence-corrected chi connectivity index (χ4v) is 4.81. The highest BCUT2D eigenvalue weighted by Gasteiger charge is 2.22. The van der Waals surface area contributed by atoms with Crippen molar-refractivity contribution in [1.29, 1.82) is 0 Å². The maximum atomic E-state index is 5.06. The Bertz CT molecular complexity index is 1510. The van der Waals surface area contributed by atoms with Gasteiger partial charge in [-0.05, 0) is 69.6 Å². The Hall–Kier alpha value is -3.97. The van der Waals surface area contributed by atoms with Crippen molar-refractivity contribution in [3.63, 3.8) is 0 Å². The lowest BCUT2D eigenvalue weighted by atomic mass is 9.95. The Balaban J connectivity index is 1.53. The average molecular weight is 396 g/mol. The molecule has 0 aliphatic heterocycles. The molecule has 4 aromatic carbocycles. The van der Waals surface area contributed by atoms with Crippen molar-refractivity contribution in [2.75, 3.05) is 0 Å². The molecular formula is C30H21N. The number of nitrogens with zero attached hydrogens (tertiary/aromatic N) is 1. The Kier molecular flexibility index (Phi) is 3.91. The van der Waals surface area contributed by atoms with Crippen LogP contribution in [0.1, 0.15) is 11.1 Å². The predicted molar refractivity (Wildman–Crippen MR) is 132 cm³/mol. The minimum absolute atomic E-state index is 1.01. The van der Waals surface area contributed by atoms with Crippen LogP contribution in [0.25, 0.3) is 61.6 Å². The molecule has 0 N–H and O–H groups in total. The zero-order chi connectivity index (χ0) is 20.9. The molecule has 1 nitrogen and oxygen atoms in total. The van der Waals surface area contributed by atoms with E-state index in [-0.39, 0.29) is 0 Å². The fraction of sp³-hybridized carbons (Fsp3) is 0.0333. The van der Waals surface area contributed by atoms with Gasteiger partial charge in [0.25, 0.3) is 0 Å². The Morgan fingerprint density at radius 1 is 0.645 bits per heavy atom. The fourth-order valence-electron chi connectivity index (χ4n) is 4.81. The van der Waals surface area contributed by atoms with E-state index in [2.05, 4.69) is 104 Å². The standard InChI is InChI=1S/C30H21N/c1-3-20-14-15-23(19(2)16-20)21-8-6-9-22(17-21)29-18-27-25-11-5-4-10-24(25)26-12-7-13-28(31-29)30(26)27/h3-18H,1H2,2H3. The van der Waals surface area contributed by atoms with Crippen molar-refractivity contribution >= 4 is 17.0 Å². The Labute approximate surface area is 182 Å². The number of pyridine rings is 1. The van der Waals surface area contributed by atoms with Crippen LogP contribution in [-0.4, -0.2) is 4.98 Å². The monoisotopic (exact) mass is 395 g/mol. The minimum Gasteiger partial charge on any atom is -0.248 e. The molecule has 146 valence electrons. The zero-order valence-corrected chi connectivity index (χ0v) is 17.4. The lowest BCUT2D eigenvalue weighted by Crippen LogP contribution is -1.89. The summed E-state index contributed by atoms with van der Waals surface area (Å²) in [5.41, 5.74) is 13.2. The van der Waals surface area contributed by atoms with E-state index in [1.807, 2.05) is 6.08 Å². The van der Waals surface area contributed by atoms with Crippen molar-refractivity contribution in [1.82, 2.24) is 4.98 Å². The summed E-state index contributed by atoms with van der Waals surface area (Å²) in [5.74, 6) is 0. The van der Waals surface area contributed by atoms with Crippen LogP contribution in [0.2, 0.25) is 0 Å². The van der Waals surface area contributed by atoms with E-state index in [1.54, 1.807) is 0 Å². The van der Waals surface area contributed by atoms with E-state index < -0.39 is 0 Å². The summed E-state index contributed by atoms with van der Waals surface area (Å²) in [6.07, 6.45) is 1.89. The smallest absolute Gasteiger partial charge is 0.0722 e. The molecule has 6 rings (SSSR count). The molecule has 1 aliphatic carbocycles. The lowest BCUT2D eigenvalue weighted by Gasteiger charge is -2.11. The molecule has 1 heterocycles. The summed E-state index contributed by atoms with van der Waals surface area (Å²) in [7, 11) is 0. The molecular weight excluding hydrogens is 374 g/mol. The third-order valence-corrected chi connectivity index (χ3v) is 6.30. The highest BCUT2D eigenvalue weighted by atomic mass is 14.7. The molecule has 1 heteroatoms. The number of benzene rings is 4. The highest BCUT2D eigenvalue weighted by molar-refractivity contribution is 6.14. The summed E-state index contributed by atoms with van der Waals surface area (Å²) in [6, 6.07) is 32.5. The second-order valence-electron chi connectivity index (χ2n) is 8.16. The van der Waals surface area contributed by atoms with E-state index in [4.69, 9.17) is 4.98 Å². The van der Waals surface area contributed by atoms with Crippen LogP contribution in [0.5, 0.6) is 0 Å². The first-order chi connectivity index (χ1) is 15.2. The van der Waals surface area contributed by atoms with Gasteiger partial charge in [0, 0.05) is 10.9 Å². The van der Waals surface area contributed by atoms with Crippen LogP contribution in [0.4, 0.5) is 0 Å². The van der Waals surface area contributed by atoms with Crippen molar-refractivity contribution in [3.05, 3.63) is 109 Å². The SMILES string of the molecule is C=Cc1ccc(-c2cccc(-c3cc4c5c(cccc5n3)-c3ccccc3-4)c2)c(C)c1. The quantitative estimate of drug-likeness (QED) is 0.294. The van der Waals surface area contributed by atoms with Gasteiger partial charge in [-0.3, -0.25) is 0 Å². The molecule has 0 saturated heterocycles. The highest BCUT2D eigenvalue weighted by Crippen LogP contribution is 2.47. The number of aryl methyl sites for hydroxylation is 1. The maximum Gasteiger partial charge on any atom is 0.0722 e. The molecule has 5 aromatic rings. The molecule has 0 amide bonds. The van der Waals surface area contributed by atoms with Crippen LogP contribution < -0.4 is 0 Å². The van der Waals surface area contributed by atoms with Gasteiger partial charge in [0.2, 0.25) is 0 Å². The lowest BCUT2D eigenvalue weighted by molar-refractivity contribution is 1.40. The summed E-state index contributed by atoms with van der Waals surface area (Å²) >= 11 is 0. The van der Waals surface area contributed by atoms with Gasteiger partial charge >= 0.3 is 0 Å². The van der Waals surface area contributed by atoms with E-state index in [9.17, 15) is 0 Å². The van der Waals surface area contributed by atoms with Gasteiger partial charge in [0.05, 0.1) is 11.2 Å². The topological polar surface area (TPSA) is 12.9 Å². The molecule has 0 saturated carbocycles. The predicted octanol–water partition coefficient (Wildman–Crippen LogP) is 8.17. The van der Waals surface area contributed by atoms with Crippen molar-refractivity contribution in [3.8, 4) is 44.6 Å². The van der Waals surface area contributed by atoms with Gasteiger partial charge in [0.15, 0.2) is 0 Å². The van der Waals surface area contributed by atoms with Gasteiger partial charge in [-0.1, -0.05) is 85.5 Å². The number of aromatic nitrogens is 1. The molecule has 0 atom stereocenters. The van der Waals surface area contributed by atoms with Crippen molar-refractivity contribution in [2.45, 2.75) is 6.92 Å². The largest absolute Gasteiger partial charge is 0.248 e. The second-order valence-corrected chi connectivity index (χ2v) is 8.16. The van der Waals surface area contributed by atoms with Crippen LogP contribution in [0.15, 0.2) is 97.6 Å². The molecule has 0 fully saturated rings. The Morgan fingerprint density at radius 2 is 1.39 bits per heavy atom. The first-order valence-corrected chi connectivity index (χ1v) is 10.6. The average Bonchev–Trinajstić information content (AvgIpc) is 3.14. The van der Waals surface area contributed by atoms with E-state index in [1.165, 1.54) is 44.3 Å². The van der Waals surface area contributed by atoms with E-state index in [0.29, 0.717) is 0 Å². The Morgan fingerprint density at radius 3 is 2.19 bits per heavy atom. The summed E-state index contributed by atoms with van der Waals surface area (Å²) in [4.78, 5) is 5.06. The maximum absolute atomic E-state index is 5.06. The summed E-state index contributed by atoms with van der Waals surface area (Å²) in [6.45, 7) is 6.04. The first-order valence-electron chi connectivity index (χ1n) is 10.6. The van der Waals surface area contributed by atoms with E-state index >= 15 is 0 Å². The molecule has 0 unspecified atom stereocenters. The van der Waals surface area contributed by atoms with E-state index in [0.717, 1.165) is 22.3 Å². The summed E-state index contributed by atoms with van der Waals surface area (Å²) in [5, 5.41) is 1.26. The van der Waals surface area contributed by atoms with Crippen LogP contribution >= 0.6 is 0 Å². The van der Waals surface area contributed by atoms with Crippen LogP contribution in [0.3, 0.4) is 0 Å². The molecule has 1 aliphatic rings. The third-order valence-electron chi connectivity index (χ3n) is 6.30. The van der Waals surface area contributed by atoms with Gasteiger partial charge in [-0.25, -0.2) is 4.98 Å². The first kappa shape index (κ1) is 17.9. The minimum atomic E-state index is 1.01. The number of hydrogen-bond donors (Lipinski definition) is 0. The summed E-state index contributed by atoms with van der Waals surface area (Å²) < 4.78 is 0. The van der Waals surface area contributed by atoms with Gasteiger partial charge in [0.1, 0.15) is 0 Å². The molecule has 1 aromatic heterocycles. The second kappa shape index (κ2) is 6.78. The van der Waals surface area contributed by atoms with Gasteiger partial charge in [-0.15, -0.1) is 0 Å². The van der Waals surface area contributed by atoms with Gasteiger partial charge in [-0.2, -0.15) is 0 Å². The number of fused-ring (bicyclic) bond motifs is 3. The van der Waals surface area contributed by atoms with Gasteiger partial charge < -0.3 is 0 Å². The zero-order valence-electron chi connectivity index (χ0n) is 17.4.